The van der Waals surface area contributed by atoms with Crippen molar-refractivity contribution < 1.29 is 9.63 Å². The summed E-state index contributed by atoms with van der Waals surface area (Å²) in [6.45, 7) is 5.16. The standard InChI is InChI=1S/C20H31N3O2/c1-3-4-5-6-7-8-10-18-11-13-19(14-12-18)22-20-21-15-9-16-23(20)25-17(2)24/h11-14H,3-10,15-16H2,1-2H3,(H,21,22). The molecule has 0 aliphatic carbocycles. The van der Waals surface area contributed by atoms with E-state index >= 15 is 0 Å². The van der Waals surface area contributed by atoms with E-state index in [4.69, 9.17) is 4.84 Å². The molecule has 25 heavy (non-hydrogen) atoms. The molecule has 1 aliphatic heterocycles. The molecule has 1 heterocycles. The Labute approximate surface area is 151 Å². The van der Waals surface area contributed by atoms with Crippen molar-refractivity contribution in [1.29, 1.82) is 0 Å². The molecule has 0 saturated carbocycles. The number of guanidine groups is 1. The van der Waals surface area contributed by atoms with Crippen molar-refractivity contribution in [1.82, 2.24) is 10.4 Å². The summed E-state index contributed by atoms with van der Waals surface area (Å²) in [5.74, 6) is 0.274. The summed E-state index contributed by atoms with van der Waals surface area (Å²) in [4.78, 5) is 21.0. The molecule has 1 saturated heterocycles. The highest BCUT2D eigenvalue weighted by Gasteiger charge is 2.18. The van der Waals surface area contributed by atoms with Gasteiger partial charge in [-0.1, -0.05) is 51.2 Å². The second-order valence-corrected chi connectivity index (χ2v) is 6.58. The maximum Gasteiger partial charge on any atom is 0.329 e. The number of benzene rings is 1. The van der Waals surface area contributed by atoms with Crippen LogP contribution in [0.25, 0.3) is 0 Å². The van der Waals surface area contributed by atoms with Crippen molar-refractivity contribution in [3.05, 3.63) is 29.8 Å². The Balaban J connectivity index is 1.84. The van der Waals surface area contributed by atoms with E-state index in [1.807, 2.05) is 12.1 Å². The lowest BCUT2D eigenvalue weighted by atomic mass is 10.0. The number of rotatable bonds is 9. The minimum absolute atomic E-state index is 0.328. The molecule has 1 aromatic rings. The van der Waals surface area contributed by atoms with E-state index in [0.29, 0.717) is 12.5 Å². The highest BCUT2D eigenvalue weighted by atomic mass is 16.7. The van der Waals surface area contributed by atoms with Gasteiger partial charge in [-0.25, -0.2) is 4.99 Å². The average Bonchev–Trinajstić information content (AvgIpc) is 2.61. The molecule has 138 valence electrons. The third kappa shape index (κ3) is 7.16. The molecule has 5 heteroatoms. The Morgan fingerprint density at radius 3 is 2.60 bits per heavy atom. The Morgan fingerprint density at radius 2 is 1.88 bits per heavy atom. The number of aliphatic imine (C=N–C) groups is 1. The van der Waals surface area contributed by atoms with Crippen molar-refractivity contribution in [3.8, 4) is 0 Å². The Bertz CT molecular complexity index is 555. The number of hydroxylamine groups is 2. The predicted octanol–water partition coefficient (Wildman–Crippen LogP) is 4.35. The van der Waals surface area contributed by atoms with E-state index in [1.54, 1.807) is 0 Å². The summed E-state index contributed by atoms with van der Waals surface area (Å²) in [6.07, 6.45) is 9.96. The average molecular weight is 345 g/mol. The van der Waals surface area contributed by atoms with Gasteiger partial charge >= 0.3 is 5.97 Å². The second kappa shape index (κ2) is 10.7. The fraction of sp³-hybridized carbons (Fsp3) is 0.600. The molecule has 0 amide bonds. The molecule has 1 aromatic carbocycles. The molecule has 1 aliphatic rings. The summed E-state index contributed by atoms with van der Waals surface area (Å²) < 4.78 is 0. The van der Waals surface area contributed by atoms with Crippen LogP contribution < -0.4 is 5.32 Å². The summed E-state index contributed by atoms with van der Waals surface area (Å²) in [6, 6.07) is 8.35. The zero-order chi connectivity index (χ0) is 17.9. The van der Waals surface area contributed by atoms with Gasteiger partial charge in [0, 0.05) is 13.5 Å². The quantitative estimate of drug-likeness (QED) is 0.676. The highest BCUT2D eigenvalue weighted by Crippen LogP contribution is 2.17. The van der Waals surface area contributed by atoms with Crippen LogP contribution in [0.3, 0.4) is 0 Å². The summed E-state index contributed by atoms with van der Waals surface area (Å²) in [5, 5.41) is 4.73. The molecule has 0 unspecified atom stereocenters. The van der Waals surface area contributed by atoms with Crippen LogP contribution in [0, 0.1) is 0 Å². The van der Waals surface area contributed by atoms with Crippen LogP contribution in [0.1, 0.15) is 64.4 Å². The molecule has 1 fully saturated rings. The van der Waals surface area contributed by atoms with Gasteiger partial charge in [0.25, 0.3) is 0 Å². The first-order valence-electron chi connectivity index (χ1n) is 9.56. The van der Waals surface area contributed by atoms with Crippen LogP contribution >= 0.6 is 0 Å². The Kier molecular flexibility index (Phi) is 8.29. The van der Waals surface area contributed by atoms with Crippen molar-refractivity contribution in [2.45, 2.75) is 65.2 Å². The van der Waals surface area contributed by atoms with E-state index in [0.717, 1.165) is 25.1 Å². The van der Waals surface area contributed by atoms with Gasteiger partial charge in [-0.05, 0) is 37.0 Å². The fourth-order valence-electron chi connectivity index (χ4n) is 2.93. The third-order valence-corrected chi connectivity index (χ3v) is 4.29. The molecule has 1 N–H and O–H groups in total. The van der Waals surface area contributed by atoms with Crippen LogP contribution in [-0.2, 0) is 16.1 Å². The molecular weight excluding hydrogens is 314 g/mol. The molecular formula is C20H31N3O2. The molecule has 2 rings (SSSR count). The first kappa shape index (κ1) is 19.3. The molecule has 5 nitrogen and oxygen atoms in total. The maximum atomic E-state index is 11.2. The van der Waals surface area contributed by atoms with E-state index in [-0.39, 0.29) is 5.97 Å². The van der Waals surface area contributed by atoms with Crippen molar-refractivity contribution in [2.75, 3.05) is 13.1 Å². The van der Waals surface area contributed by atoms with Gasteiger partial charge in [-0.2, -0.15) is 5.06 Å². The molecule has 0 radical (unpaired) electrons. The number of hydrogen-bond acceptors (Lipinski definition) is 3. The molecule has 0 bridgehead atoms. The molecule has 0 spiro atoms. The lowest BCUT2D eigenvalue weighted by Gasteiger charge is -2.28. The largest absolute Gasteiger partial charge is 0.353 e. The molecule has 0 atom stereocenters. The van der Waals surface area contributed by atoms with E-state index in [2.05, 4.69) is 29.4 Å². The van der Waals surface area contributed by atoms with E-state index in [1.165, 1.54) is 56.1 Å². The summed E-state index contributed by atoms with van der Waals surface area (Å²) in [7, 11) is 0. The number of nitrogens with zero attached hydrogens (tertiary/aromatic N) is 2. The third-order valence-electron chi connectivity index (χ3n) is 4.29. The smallest absolute Gasteiger partial charge is 0.329 e. The SMILES string of the molecule is CCCCCCCCc1ccc(N=C2NCCCN2OC(C)=O)cc1. The van der Waals surface area contributed by atoms with Gasteiger partial charge in [0.15, 0.2) is 0 Å². The van der Waals surface area contributed by atoms with Crippen molar-refractivity contribution in [3.63, 3.8) is 0 Å². The van der Waals surface area contributed by atoms with E-state index in [9.17, 15) is 4.79 Å². The van der Waals surface area contributed by atoms with Crippen LogP contribution in [0.5, 0.6) is 0 Å². The predicted molar refractivity (Wildman–Crippen MR) is 102 cm³/mol. The van der Waals surface area contributed by atoms with Gasteiger partial charge in [-0.15, -0.1) is 0 Å². The fourth-order valence-corrected chi connectivity index (χ4v) is 2.93. The van der Waals surface area contributed by atoms with Gasteiger partial charge in [0.1, 0.15) is 0 Å². The lowest BCUT2D eigenvalue weighted by Crippen LogP contribution is -2.47. The topological polar surface area (TPSA) is 53.9 Å². The van der Waals surface area contributed by atoms with Crippen molar-refractivity contribution in [2.24, 2.45) is 4.99 Å². The first-order chi connectivity index (χ1) is 12.2. The maximum absolute atomic E-state index is 11.2. The monoisotopic (exact) mass is 345 g/mol. The first-order valence-corrected chi connectivity index (χ1v) is 9.56. The summed E-state index contributed by atoms with van der Waals surface area (Å²) in [5.41, 5.74) is 2.22. The normalized spacial score (nSPS) is 15.9. The number of carbonyl (C=O) groups is 1. The van der Waals surface area contributed by atoms with E-state index < -0.39 is 0 Å². The van der Waals surface area contributed by atoms with Gasteiger partial charge in [-0.3, -0.25) is 4.79 Å². The van der Waals surface area contributed by atoms with Gasteiger partial charge in [0.2, 0.25) is 5.96 Å². The van der Waals surface area contributed by atoms with Crippen LogP contribution in [0.4, 0.5) is 5.69 Å². The Hall–Kier alpha value is -2.04. The number of carbonyl (C=O) groups excluding carboxylic acids is 1. The van der Waals surface area contributed by atoms with Gasteiger partial charge in [0.05, 0.1) is 12.2 Å². The highest BCUT2D eigenvalue weighted by molar-refractivity contribution is 5.83. The number of unbranched alkanes of at least 4 members (excludes halogenated alkanes) is 5. The van der Waals surface area contributed by atoms with Gasteiger partial charge < -0.3 is 10.2 Å². The second-order valence-electron chi connectivity index (χ2n) is 6.58. The number of aryl methyl sites for hydroxylation is 1. The van der Waals surface area contributed by atoms with Crippen molar-refractivity contribution >= 4 is 17.6 Å². The Morgan fingerprint density at radius 1 is 1.16 bits per heavy atom. The van der Waals surface area contributed by atoms with Crippen LogP contribution in [-0.4, -0.2) is 30.1 Å². The minimum atomic E-state index is -0.328. The molecule has 0 aromatic heterocycles. The zero-order valence-corrected chi connectivity index (χ0v) is 15.6. The van der Waals surface area contributed by atoms with Crippen LogP contribution in [0.2, 0.25) is 0 Å². The number of nitrogens with one attached hydrogen (secondary N) is 1. The minimum Gasteiger partial charge on any atom is -0.353 e. The lowest BCUT2D eigenvalue weighted by molar-refractivity contribution is -0.171. The number of hydrogen-bond donors (Lipinski definition) is 1. The van der Waals surface area contributed by atoms with Crippen LogP contribution in [0.15, 0.2) is 29.3 Å². The summed E-state index contributed by atoms with van der Waals surface area (Å²) >= 11 is 0. The zero-order valence-electron chi connectivity index (χ0n) is 15.6.